The smallest absolute Gasteiger partial charge is 0.143 e. The Balaban J connectivity index is 1.10. The summed E-state index contributed by atoms with van der Waals surface area (Å²) in [6.45, 7) is 4.70. The molecule has 0 amide bonds. The molecule has 0 unspecified atom stereocenters. The molecular weight excluding hydrogens is 691 g/mol. The topological polar surface area (TPSA) is 16.4 Å². The van der Waals surface area contributed by atoms with E-state index in [9.17, 15) is 0 Å². The maximum atomic E-state index is 6.88. The molecule has 0 radical (unpaired) electrons. The van der Waals surface area contributed by atoms with Crippen LogP contribution in [0, 0.1) is 0 Å². The van der Waals surface area contributed by atoms with Crippen LogP contribution < -0.4 is 4.90 Å². The Labute approximate surface area is 332 Å². The van der Waals surface area contributed by atoms with Crippen molar-refractivity contribution in [3.63, 3.8) is 0 Å². The first-order valence-corrected chi connectivity index (χ1v) is 19.8. The number of benzene rings is 9. The Hall–Kier alpha value is -7.16. The van der Waals surface area contributed by atoms with Crippen LogP contribution in [0.15, 0.2) is 205 Å². The average Bonchev–Trinajstić information content (AvgIpc) is 3.76. The predicted octanol–water partition coefficient (Wildman–Crippen LogP) is 15.5. The quantitative estimate of drug-likeness (QED) is 0.169. The lowest BCUT2D eigenvalue weighted by Crippen LogP contribution is -2.16. The highest BCUT2D eigenvalue weighted by atomic mass is 16.3. The van der Waals surface area contributed by atoms with Crippen molar-refractivity contribution >= 4 is 49.8 Å². The van der Waals surface area contributed by atoms with E-state index in [1.54, 1.807) is 0 Å². The molecule has 0 spiro atoms. The van der Waals surface area contributed by atoms with Gasteiger partial charge in [0, 0.05) is 38.8 Å². The Morgan fingerprint density at radius 3 is 1.67 bits per heavy atom. The molecule has 0 saturated heterocycles. The van der Waals surface area contributed by atoms with Gasteiger partial charge >= 0.3 is 0 Å². The van der Waals surface area contributed by atoms with Gasteiger partial charge in [-0.3, -0.25) is 0 Å². The summed E-state index contributed by atoms with van der Waals surface area (Å²) >= 11 is 0. The van der Waals surface area contributed by atoms with Crippen LogP contribution in [0.4, 0.5) is 17.1 Å². The number of hydrogen-bond acceptors (Lipinski definition) is 2. The van der Waals surface area contributed by atoms with E-state index in [4.69, 9.17) is 4.42 Å². The van der Waals surface area contributed by atoms with Crippen LogP contribution in [-0.4, -0.2) is 0 Å². The van der Waals surface area contributed by atoms with Gasteiger partial charge in [-0.25, -0.2) is 0 Å². The van der Waals surface area contributed by atoms with E-state index in [1.807, 2.05) is 0 Å². The van der Waals surface area contributed by atoms with Crippen LogP contribution in [0.25, 0.3) is 77.2 Å². The highest BCUT2D eigenvalue weighted by Crippen LogP contribution is 2.51. The molecule has 0 aliphatic heterocycles. The maximum absolute atomic E-state index is 6.88. The number of fused-ring (bicyclic) bond motifs is 8. The van der Waals surface area contributed by atoms with E-state index in [-0.39, 0.29) is 5.41 Å². The molecule has 2 heteroatoms. The Morgan fingerprint density at radius 1 is 0.386 bits per heavy atom. The van der Waals surface area contributed by atoms with Crippen LogP contribution in [0.5, 0.6) is 0 Å². The molecule has 0 atom stereocenters. The molecular formula is C55H39NO. The molecule has 1 aromatic heterocycles. The van der Waals surface area contributed by atoms with Crippen molar-refractivity contribution in [3.8, 4) is 44.5 Å². The van der Waals surface area contributed by atoms with Crippen molar-refractivity contribution in [1.82, 2.24) is 0 Å². The van der Waals surface area contributed by atoms with Gasteiger partial charge in [0.1, 0.15) is 11.2 Å². The van der Waals surface area contributed by atoms with Gasteiger partial charge in [0.2, 0.25) is 0 Å². The third-order valence-corrected chi connectivity index (χ3v) is 12.1. The van der Waals surface area contributed by atoms with Gasteiger partial charge < -0.3 is 9.32 Å². The fourth-order valence-electron chi connectivity index (χ4n) is 9.15. The van der Waals surface area contributed by atoms with Gasteiger partial charge in [-0.2, -0.15) is 0 Å². The Kier molecular flexibility index (Phi) is 7.55. The van der Waals surface area contributed by atoms with E-state index in [0.717, 1.165) is 50.1 Å². The summed E-state index contributed by atoms with van der Waals surface area (Å²) in [7, 11) is 0. The zero-order valence-corrected chi connectivity index (χ0v) is 31.9. The SMILES string of the molecule is CC1(C)c2ccccc2-c2ccc(N(c3ccc(-c4ccccc4)cc3)c3ccc4oc5c(-c6ccc(-c7ccccc7)cc6)cc6ccccc6c5c4c3)cc21. The number of rotatable bonds is 6. The highest BCUT2D eigenvalue weighted by Gasteiger charge is 2.35. The molecule has 10 aromatic rings. The molecule has 9 aromatic carbocycles. The zero-order valence-electron chi connectivity index (χ0n) is 31.9. The summed E-state index contributed by atoms with van der Waals surface area (Å²) in [4.78, 5) is 2.40. The zero-order chi connectivity index (χ0) is 38.1. The van der Waals surface area contributed by atoms with Gasteiger partial charge in [0.15, 0.2) is 0 Å². The van der Waals surface area contributed by atoms with Crippen molar-refractivity contribution in [2.45, 2.75) is 19.3 Å². The van der Waals surface area contributed by atoms with Crippen LogP contribution >= 0.6 is 0 Å². The normalized spacial score (nSPS) is 12.9. The van der Waals surface area contributed by atoms with Crippen molar-refractivity contribution in [1.29, 1.82) is 0 Å². The van der Waals surface area contributed by atoms with E-state index < -0.39 is 0 Å². The second kappa shape index (κ2) is 13.0. The van der Waals surface area contributed by atoms with Crippen molar-refractivity contribution < 1.29 is 4.42 Å². The van der Waals surface area contributed by atoms with Crippen molar-refractivity contribution in [2.75, 3.05) is 4.90 Å². The molecule has 2 nitrogen and oxygen atoms in total. The van der Waals surface area contributed by atoms with Crippen molar-refractivity contribution in [2.24, 2.45) is 0 Å². The molecule has 0 bridgehead atoms. The summed E-state index contributed by atoms with van der Waals surface area (Å²) < 4.78 is 6.88. The summed E-state index contributed by atoms with van der Waals surface area (Å²) in [5, 5.41) is 4.61. The van der Waals surface area contributed by atoms with Gasteiger partial charge in [-0.1, -0.05) is 166 Å². The molecule has 0 saturated carbocycles. The average molecular weight is 730 g/mol. The molecule has 57 heavy (non-hydrogen) atoms. The van der Waals surface area contributed by atoms with E-state index in [1.165, 1.54) is 55.3 Å². The summed E-state index contributed by atoms with van der Waals surface area (Å²) in [6.07, 6.45) is 0. The number of anilines is 3. The lowest BCUT2D eigenvalue weighted by molar-refractivity contribution is 0.660. The fourth-order valence-corrected chi connectivity index (χ4v) is 9.15. The first-order valence-electron chi connectivity index (χ1n) is 19.8. The van der Waals surface area contributed by atoms with Gasteiger partial charge in [-0.05, 0) is 109 Å². The summed E-state index contributed by atoms with van der Waals surface area (Å²) in [5.41, 5.74) is 17.3. The van der Waals surface area contributed by atoms with Crippen LogP contribution in [0.1, 0.15) is 25.0 Å². The predicted molar refractivity (Wildman–Crippen MR) is 240 cm³/mol. The fraction of sp³-hybridized carbons (Fsp3) is 0.0545. The first-order chi connectivity index (χ1) is 28.0. The monoisotopic (exact) mass is 729 g/mol. The maximum Gasteiger partial charge on any atom is 0.143 e. The Bertz CT molecular complexity index is 3120. The number of hydrogen-bond donors (Lipinski definition) is 0. The van der Waals surface area contributed by atoms with Crippen LogP contribution in [-0.2, 0) is 5.41 Å². The standard InChI is InChI=1S/C55H39NO/c1-55(2)50-20-12-11-19-46(50)47-31-29-44(35-51(47)55)56(42-27-25-39(26-28-42)37-15-7-4-8-16-37)43-30-32-52-49(34-43)53-45-18-10-9-17-41(45)33-48(54(53)57-52)40-23-21-38(22-24-40)36-13-5-3-6-14-36/h3-35H,1-2H3. The summed E-state index contributed by atoms with van der Waals surface area (Å²) in [5.74, 6) is 0. The molecule has 11 rings (SSSR count). The largest absolute Gasteiger partial charge is 0.455 e. The molecule has 1 aliphatic carbocycles. The third kappa shape index (κ3) is 5.40. The van der Waals surface area contributed by atoms with Crippen LogP contribution in [0.3, 0.4) is 0 Å². The highest BCUT2D eigenvalue weighted by molar-refractivity contribution is 6.23. The molecule has 1 heterocycles. The third-order valence-electron chi connectivity index (χ3n) is 12.1. The second-order valence-corrected chi connectivity index (χ2v) is 15.7. The minimum atomic E-state index is -0.121. The molecule has 1 aliphatic rings. The van der Waals surface area contributed by atoms with Gasteiger partial charge in [0.25, 0.3) is 0 Å². The molecule has 0 N–H and O–H groups in total. The van der Waals surface area contributed by atoms with E-state index >= 15 is 0 Å². The van der Waals surface area contributed by atoms with E-state index in [0.29, 0.717) is 0 Å². The lowest BCUT2D eigenvalue weighted by atomic mass is 9.82. The minimum Gasteiger partial charge on any atom is -0.455 e. The van der Waals surface area contributed by atoms with Crippen LogP contribution in [0.2, 0.25) is 0 Å². The first kappa shape index (κ1) is 33.2. The number of nitrogens with zero attached hydrogens (tertiary/aromatic N) is 1. The minimum absolute atomic E-state index is 0.121. The van der Waals surface area contributed by atoms with Crippen molar-refractivity contribution in [3.05, 3.63) is 211 Å². The van der Waals surface area contributed by atoms with Gasteiger partial charge in [0.05, 0.1) is 0 Å². The molecule has 270 valence electrons. The second-order valence-electron chi connectivity index (χ2n) is 15.7. The molecule has 0 fully saturated rings. The number of furan rings is 1. The van der Waals surface area contributed by atoms with E-state index in [2.05, 4.69) is 219 Å². The van der Waals surface area contributed by atoms with Gasteiger partial charge in [-0.15, -0.1) is 0 Å². The summed E-state index contributed by atoms with van der Waals surface area (Å²) in [6, 6.07) is 72.5. The lowest BCUT2D eigenvalue weighted by Gasteiger charge is -2.28. The Morgan fingerprint density at radius 2 is 0.930 bits per heavy atom.